The van der Waals surface area contributed by atoms with Crippen LogP contribution in [0.25, 0.3) is 0 Å². The highest BCUT2D eigenvalue weighted by Gasteiger charge is 2.08. The van der Waals surface area contributed by atoms with Crippen LogP contribution in [-0.4, -0.2) is 35.6 Å². The quantitative estimate of drug-likeness (QED) is 0.454. The molecule has 1 unspecified atom stereocenters. The van der Waals surface area contributed by atoms with Crippen LogP contribution in [0, 0.1) is 13.5 Å². The molecule has 1 rings (SSSR count). The van der Waals surface area contributed by atoms with Gasteiger partial charge in [-0.25, -0.2) is 4.79 Å². The molecule has 26 heavy (non-hydrogen) atoms. The molecule has 7 heteroatoms. The predicted octanol–water partition coefficient (Wildman–Crippen LogP) is 2.61. The van der Waals surface area contributed by atoms with Crippen molar-refractivity contribution in [1.29, 1.82) is 0 Å². The van der Waals surface area contributed by atoms with Crippen molar-refractivity contribution in [2.75, 3.05) is 6.54 Å². The Morgan fingerprint density at radius 3 is 2.50 bits per heavy atom. The summed E-state index contributed by atoms with van der Waals surface area (Å²) < 4.78 is 0. The molecular formula is C19H28N3O4. The SMILES string of the molecule is Cc1ccc(C(=O)NCCCC[CH]NC(=O)NC(C)CCC(=O)O)cc1. The summed E-state index contributed by atoms with van der Waals surface area (Å²) in [6.07, 6.45) is 2.76. The highest BCUT2D eigenvalue weighted by Crippen LogP contribution is 2.03. The van der Waals surface area contributed by atoms with Crippen molar-refractivity contribution in [3.05, 3.63) is 41.9 Å². The minimum atomic E-state index is -0.875. The lowest BCUT2D eigenvalue weighted by atomic mass is 10.1. The molecule has 0 bridgehead atoms. The molecule has 3 amide bonds. The van der Waals surface area contributed by atoms with E-state index in [-0.39, 0.29) is 24.4 Å². The maximum absolute atomic E-state index is 11.9. The van der Waals surface area contributed by atoms with Gasteiger partial charge >= 0.3 is 12.0 Å². The van der Waals surface area contributed by atoms with Gasteiger partial charge in [0.2, 0.25) is 0 Å². The second-order valence-corrected chi connectivity index (χ2v) is 6.27. The molecule has 0 fully saturated rings. The zero-order valence-electron chi connectivity index (χ0n) is 15.4. The molecule has 0 heterocycles. The van der Waals surface area contributed by atoms with Crippen LogP contribution in [0.15, 0.2) is 24.3 Å². The van der Waals surface area contributed by atoms with Crippen LogP contribution < -0.4 is 16.0 Å². The zero-order chi connectivity index (χ0) is 19.4. The van der Waals surface area contributed by atoms with Crippen molar-refractivity contribution < 1.29 is 19.5 Å². The van der Waals surface area contributed by atoms with Crippen molar-refractivity contribution >= 4 is 17.9 Å². The number of carbonyl (C=O) groups is 3. The average Bonchev–Trinajstić information content (AvgIpc) is 2.59. The summed E-state index contributed by atoms with van der Waals surface area (Å²) in [5.74, 6) is -0.957. The first-order valence-electron chi connectivity index (χ1n) is 8.84. The predicted molar refractivity (Wildman–Crippen MR) is 99.7 cm³/mol. The van der Waals surface area contributed by atoms with E-state index >= 15 is 0 Å². The largest absolute Gasteiger partial charge is 0.481 e. The molecular weight excluding hydrogens is 334 g/mol. The highest BCUT2D eigenvalue weighted by molar-refractivity contribution is 5.94. The number of hydrogen-bond acceptors (Lipinski definition) is 3. The molecule has 4 N–H and O–H groups in total. The molecule has 0 aliphatic carbocycles. The van der Waals surface area contributed by atoms with E-state index in [1.165, 1.54) is 0 Å². The molecule has 7 nitrogen and oxygen atoms in total. The number of carboxylic acid groups (broad SMARTS) is 1. The number of aliphatic carboxylic acids is 1. The molecule has 143 valence electrons. The van der Waals surface area contributed by atoms with Gasteiger partial charge in [0, 0.05) is 24.6 Å². The van der Waals surface area contributed by atoms with Gasteiger partial charge in [-0.3, -0.25) is 9.59 Å². The van der Waals surface area contributed by atoms with Crippen LogP contribution in [0.3, 0.4) is 0 Å². The molecule has 0 saturated heterocycles. The Hall–Kier alpha value is -2.57. The number of rotatable bonds is 11. The Morgan fingerprint density at radius 1 is 1.15 bits per heavy atom. The monoisotopic (exact) mass is 362 g/mol. The first kappa shape index (κ1) is 21.5. The van der Waals surface area contributed by atoms with Gasteiger partial charge in [0.05, 0.1) is 6.54 Å². The lowest BCUT2D eigenvalue weighted by molar-refractivity contribution is -0.137. The summed E-state index contributed by atoms with van der Waals surface area (Å²) in [7, 11) is 0. The van der Waals surface area contributed by atoms with Gasteiger partial charge in [-0.05, 0) is 51.7 Å². The van der Waals surface area contributed by atoms with E-state index in [4.69, 9.17) is 5.11 Å². The second kappa shape index (κ2) is 11.9. The minimum absolute atomic E-state index is 0.0273. The van der Waals surface area contributed by atoms with Crippen molar-refractivity contribution in [3.63, 3.8) is 0 Å². The van der Waals surface area contributed by atoms with Gasteiger partial charge in [0.15, 0.2) is 0 Å². The number of amides is 3. The van der Waals surface area contributed by atoms with Gasteiger partial charge in [-0.2, -0.15) is 0 Å². The van der Waals surface area contributed by atoms with Crippen LogP contribution in [0.2, 0.25) is 0 Å². The van der Waals surface area contributed by atoms with Gasteiger partial charge in [-0.15, -0.1) is 0 Å². The summed E-state index contributed by atoms with van der Waals surface area (Å²) in [5, 5.41) is 16.8. The van der Waals surface area contributed by atoms with E-state index in [1.54, 1.807) is 25.6 Å². The number of aryl methyl sites for hydroxylation is 1. The Kier molecular flexibility index (Phi) is 9.82. The summed E-state index contributed by atoms with van der Waals surface area (Å²) in [5.41, 5.74) is 1.77. The Morgan fingerprint density at radius 2 is 1.85 bits per heavy atom. The summed E-state index contributed by atoms with van der Waals surface area (Å²) in [6.45, 7) is 5.99. The average molecular weight is 362 g/mol. The molecule has 0 aliphatic heterocycles. The third-order valence-electron chi connectivity index (χ3n) is 3.78. The highest BCUT2D eigenvalue weighted by atomic mass is 16.4. The van der Waals surface area contributed by atoms with Gasteiger partial charge in [0.1, 0.15) is 0 Å². The minimum Gasteiger partial charge on any atom is -0.481 e. The number of urea groups is 1. The maximum atomic E-state index is 11.9. The smallest absolute Gasteiger partial charge is 0.315 e. The van der Waals surface area contributed by atoms with E-state index in [2.05, 4.69) is 16.0 Å². The van der Waals surface area contributed by atoms with Gasteiger partial charge in [-0.1, -0.05) is 17.7 Å². The van der Waals surface area contributed by atoms with Crippen LogP contribution in [0.1, 0.15) is 54.9 Å². The fourth-order valence-corrected chi connectivity index (χ4v) is 2.22. The molecule has 0 saturated carbocycles. The zero-order valence-corrected chi connectivity index (χ0v) is 15.4. The third-order valence-corrected chi connectivity index (χ3v) is 3.78. The number of hydrogen-bond donors (Lipinski definition) is 4. The van der Waals surface area contributed by atoms with Gasteiger partial charge in [0.25, 0.3) is 5.91 Å². The maximum Gasteiger partial charge on any atom is 0.315 e. The van der Waals surface area contributed by atoms with Crippen molar-refractivity contribution in [2.45, 2.75) is 52.0 Å². The van der Waals surface area contributed by atoms with Crippen LogP contribution in [0.4, 0.5) is 4.79 Å². The van der Waals surface area contributed by atoms with Crippen molar-refractivity contribution in [2.24, 2.45) is 0 Å². The normalized spacial score (nSPS) is 11.5. The molecule has 1 aromatic carbocycles. The molecule has 0 aromatic heterocycles. The fourth-order valence-electron chi connectivity index (χ4n) is 2.22. The van der Waals surface area contributed by atoms with Crippen LogP contribution in [-0.2, 0) is 4.79 Å². The number of carboxylic acids is 1. The lowest BCUT2D eigenvalue weighted by Crippen LogP contribution is -2.39. The molecule has 0 aliphatic rings. The van der Waals surface area contributed by atoms with E-state index in [1.807, 2.05) is 19.1 Å². The number of carbonyl (C=O) groups excluding carboxylic acids is 2. The molecule has 1 aromatic rings. The first-order valence-corrected chi connectivity index (χ1v) is 8.84. The van der Waals surface area contributed by atoms with E-state index < -0.39 is 5.97 Å². The number of nitrogens with one attached hydrogen (secondary N) is 3. The van der Waals surface area contributed by atoms with Crippen LogP contribution >= 0.6 is 0 Å². The van der Waals surface area contributed by atoms with Crippen molar-refractivity contribution in [3.8, 4) is 0 Å². The topological polar surface area (TPSA) is 108 Å². The summed E-state index contributed by atoms with van der Waals surface area (Å²) in [4.78, 5) is 34.0. The first-order chi connectivity index (χ1) is 12.4. The fraction of sp³-hybridized carbons (Fsp3) is 0.474. The summed E-state index contributed by atoms with van der Waals surface area (Å²) >= 11 is 0. The Labute approximate surface area is 154 Å². The second-order valence-electron chi connectivity index (χ2n) is 6.27. The number of unbranched alkanes of at least 4 members (excludes halogenated alkanes) is 2. The van der Waals surface area contributed by atoms with E-state index in [9.17, 15) is 14.4 Å². The molecule has 0 spiro atoms. The Bertz CT molecular complexity index is 587. The lowest BCUT2D eigenvalue weighted by Gasteiger charge is -2.13. The van der Waals surface area contributed by atoms with Gasteiger partial charge < -0.3 is 21.1 Å². The Balaban J connectivity index is 2.03. The van der Waals surface area contributed by atoms with Crippen LogP contribution in [0.5, 0.6) is 0 Å². The van der Waals surface area contributed by atoms with E-state index in [0.29, 0.717) is 24.9 Å². The standard InChI is InChI=1S/C19H28N3O4/c1-14-6-9-16(10-7-14)18(25)20-12-4-3-5-13-21-19(26)22-15(2)8-11-17(23)24/h6-7,9-10,13,15H,3-5,8,11-12H2,1-2H3,(H,20,25)(H,23,24)(H2,21,22,26). The molecule has 1 radical (unpaired) electrons. The van der Waals surface area contributed by atoms with E-state index in [0.717, 1.165) is 18.4 Å². The molecule has 1 atom stereocenters. The third kappa shape index (κ3) is 9.66. The number of benzene rings is 1. The summed E-state index contributed by atoms with van der Waals surface area (Å²) in [6, 6.07) is 6.88. The van der Waals surface area contributed by atoms with Crippen molar-refractivity contribution in [1.82, 2.24) is 16.0 Å².